The molecule has 4 aromatic heterocycles. The number of benzene rings is 1. The Morgan fingerprint density at radius 3 is 2.45 bits per heavy atom. The van der Waals surface area contributed by atoms with Crippen molar-refractivity contribution in [3.63, 3.8) is 0 Å². The second-order valence-electron chi connectivity index (χ2n) is 11.1. The number of aromatic nitrogens is 4. The molecule has 9 heteroatoms. The lowest BCUT2D eigenvalue weighted by atomic mass is 9.92. The van der Waals surface area contributed by atoms with Gasteiger partial charge in [-0.3, -0.25) is 4.98 Å². The third-order valence-electron chi connectivity index (χ3n) is 6.89. The maximum absolute atomic E-state index is 13.2. The van der Waals surface area contributed by atoms with Crippen molar-refractivity contribution in [3.8, 4) is 34.6 Å². The Morgan fingerprint density at radius 1 is 0.929 bits per heavy atom. The molecule has 42 heavy (non-hydrogen) atoms. The highest BCUT2D eigenvalue weighted by Crippen LogP contribution is 2.34. The molecule has 0 atom stereocenters. The summed E-state index contributed by atoms with van der Waals surface area (Å²) in [6.45, 7) is 5.36. The van der Waals surface area contributed by atoms with Crippen molar-refractivity contribution in [1.82, 2.24) is 19.5 Å². The van der Waals surface area contributed by atoms with Gasteiger partial charge in [-0.15, -0.1) is 0 Å². The molecule has 4 heterocycles. The van der Waals surface area contributed by atoms with Gasteiger partial charge in [0.05, 0.1) is 17.2 Å². The van der Waals surface area contributed by atoms with Gasteiger partial charge in [-0.05, 0) is 62.6 Å². The van der Waals surface area contributed by atoms with E-state index in [0.29, 0.717) is 17.3 Å². The van der Waals surface area contributed by atoms with Crippen molar-refractivity contribution in [1.29, 1.82) is 0 Å². The highest BCUT2D eigenvalue weighted by atomic mass is 16.6. The van der Waals surface area contributed by atoms with E-state index in [0.717, 1.165) is 45.8 Å². The highest BCUT2D eigenvalue weighted by Gasteiger charge is 2.33. The number of carbonyl (C=O) groups excluding carboxylic acids is 1. The molecule has 0 aliphatic heterocycles. The van der Waals surface area contributed by atoms with Gasteiger partial charge in [0.15, 0.2) is 0 Å². The molecule has 0 radical (unpaired) electrons. The van der Waals surface area contributed by atoms with E-state index < -0.39 is 11.7 Å². The lowest BCUT2D eigenvalue weighted by Gasteiger charge is -2.34. The number of aliphatic hydroxyl groups is 1. The first-order valence-corrected chi connectivity index (χ1v) is 13.7. The van der Waals surface area contributed by atoms with E-state index in [9.17, 15) is 4.79 Å². The first-order valence-electron chi connectivity index (χ1n) is 13.7. The van der Waals surface area contributed by atoms with E-state index in [4.69, 9.17) is 19.3 Å². The molecular weight excluding hydrogens is 532 g/mol. The highest BCUT2D eigenvalue weighted by molar-refractivity contribution is 6.13. The molecule has 1 fully saturated rings. The fraction of sp³-hybridized carbons (Fsp3) is 0.273. The van der Waals surface area contributed by atoms with Gasteiger partial charge in [-0.2, -0.15) is 0 Å². The number of carbonyl (C=O) groups is 1. The smallest absolute Gasteiger partial charge is 0.419 e. The summed E-state index contributed by atoms with van der Waals surface area (Å²) < 4.78 is 19.4. The average Bonchev–Trinajstić information content (AvgIpc) is 3.29. The largest absolute Gasteiger partial charge is 0.489 e. The van der Waals surface area contributed by atoms with Crippen LogP contribution in [0.5, 0.6) is 11.6 Å². The minimum atomic E-state index is -0.629. The number of ether oxygens (including phenoxy) is 3. The molecule has 1 aromatic carbocycles. The van der Waals surface area contributed by atoms with E-state index in [1.165, 1.54) is 0 Å². The number of pyridine rings is 3. The molecule has 1 saturated carbocycles. The Hall–Kier alpha value is -4.94. The van der Waals surface area contributed by atoms with Gasteiger partial charge in [-0.25, -0.2) is 19.3 Å². The van der Waals surface area contributed by atoms with Crippen LogP contribution in [0.1, 0.15) is 39.3 Å². The van der Waals surface area contributed by atoms with Crippen molar-refractivity contribution >= 4 is 27.9 Å². The molecule has 0 spiro atoms. The van der Waals surface area contributed by atoms with Gasteiger partial charge in [0, 0.05) is 53.8 Å². The van der Waals surface area contributed by atoms with Crippen LogP contribution in [0.3, 0.4) is 0 Å². The number of rotatable bonds is 5. The molecule has 0 unspecified atom stereocenters. The predicted molar refractivity (Wildman–Crippen MR) is 158 cm³/mol. The van der Waals surface area contributed by atoms with Crippen molar-refractivity contribution in [2.24, 2.45) is 0 Å². The zero-order valence-electron chi connectivity index (χ0n) is 23.6. The topological polar surface area (TPSA) is 109 Å². The summed E-state index contributed by atoms with van der Waals surface area (Å²) in [5.74, 6) is 6.56. The minimum Gasteiger partial charge on any atom is -0.489 e. The molecule has 1 N–H and O–H groups in total. The van der Waals surface area contributed by atoms with E-state index in [1.54, 1.807) is 35.4 Å². The number of fused-ring (bicyclic) bond motifs is 3. The van der Waals surface area contributed by atoms with Crippen molar-refractivity contribution in [3.05, 3.63) is 79.0 Å². The molecular formula is C33H30N4O5. The Balaban J connectivity index is 1.13. The second-order valence-corrected chi connectivity index (χ2v) is 11.1. The Kier molecular flexibility index (Phi) is 7.23. The molecule has 5 aromatic rings. The first kappa shape index (κ1) is 27.2. The summed E-state index contributed by atoms with van der Waals surface area (Å²) >= 11 is 0. The zero-order chi connectivity index (χ0) is 29.3. The van der Waals surface area contributed by atoms with Gasteiger partial charge >= 0.3 is 6.09 Å². The van der Waals surface area contributed by atoms with Gasteiger partial charge in [0.2, 0.25) is 5.88 Å². The average molecular weight is 563 g/mol. The third-order valence-corrected chi connectivity index (χ3v) is 6.89. The van der Waals surface area contributed by atoms with Crippen LogP contribution >= 0.6 is 0 Å². The molecule has 1 aliphatic carbocycles. The van der Waals surface area contributed by atoms with Crippen LogP contribution in [0.15, 0.2) is 73.3 Å². The quantitative estimate of drug-likeness (QED) is 0.269. The SMILES string of the molecule is CC(C)(C)OC(=O)n1c2ccncc2c2ccc(-c3ccc(OC4CC(Oc5ccc(C#CCO)nc5)C4)nc3)cc21. The molecule has 1 aliphatic rings. The van der Waals surface area contributed by atoms with Crippen LogP contribution in [0.2, 0.25) is 0 Å². The zero-order valence-corrected chi connectivity index (χ0v) is 23.6. The normalized spacial score (nSPS) is 16.4. The van der Waals surface area contributed by atoms with Crippen molar-refractivity contribution in [2.45, 2.75) is 51.4 Å². The molecule has 6 rings (SSSR count). The van der Waals surface area contributed by atoms with Crippen LogP contribution in [0.4, 0.5) is 4.79 Å². The molecule has 0 saturated heterocycles. The Morgan fingerprint density at radius 2 is 1.74 bits per heavy atom. The van der Waals surface area contributed by atoms with Gasteiger partial charge in [-0.1, -0.05) is 18.1 Å². The monoisotopic (exact) mass is 562 g/mol. The summed E-state index contributed by atoms with van der Waals surface area (Å²) in [6.07, 6.45) is 7.98. The predicted octanol–water partition coefficient (Wildman–Crippen LogP) is 5.76. The fourth-order valence-electron chi connectivity index (χ4n) is 4.90. The van der Waals surface area contributed by atoms with Gasteiger partial charge in [0.25, 0.3) is 0 Å². The van der Waals surface area contributed by atoms with E-state index in [1.807, 2.05) is 63.2 Å². The fourth-order valence-corrected chi connectivity index (χ4v) is 4.90. The molecule has 0 amide bonds. The van der Waals surface area contributed by atoms with Crippen LogP contribution in [-0.4, -0.2) is 55.1 Å². The lowest BCUT2D eigenvalue weighted by molar-refractivity contribution is 0.00208. The third kappa shape index (κ3) is 5.76. The maximum atomic E-state index is 13.2. The maximum Gasteiger partial charge on any atom is 0.419 e. The molecule has 212 valence electrons. The lowest BCUT2D eigenvalue weighted by Crippen LogP contribution is -2.41. The first-order chi connectivity index (χ1) is 20.3. The summed E-state index contributed by atoms with van der Waals surface area (Å²) in [5.41, 5.74) is 3.27. The van der Waals surface area contributed by atoms with Crippen LogP contribution in [0.25, 0.3) is 32.9 Å². The van der Waals surface area contributed by atoms with E-state index in [2.05, 4.69) is 26.8 Å². The summed E-state index contributed by atoms with van der Waals surface area (Å²) in [7, 11) is 0. The van der Waals surface area contributed by atoms with E-state index >= 15 is 0 Å². The van der Waals surface area contributed by atoms with Crippen LogP contribution in [0, 0.1) is 11.8 Å². The number of hydrogen-bond acceptors (Lipinski definition) is 8. The Bertz CT molecular complexity index is 1810. The number of hydrogen-bond donors (Lipinski definition) is 1. The van der Waals surface area contributed by atoms with Crippen LogP contribution < -0.4 is 9.47 Å². The molecule has 0 bridgehead atoms. The summed E-state index contributed by atoms with van der Waals surface area (Å²) in [5, 5.41) is 10.6. The second kappa shape index (κ2) is 11.1. The number of nitrogens with zero attached hydrogens (tertiary/aromatic N) is 4. The van der Waals surface area contributed by atoms with Crippen LogP contribution in [-0.2, 0) is 4.74 Å². The Labute approximate surface area is 243 Å². The van der Waals surface area contributed by atoms with E-state index in [-0.39, 0.29) is 18.8 Å². The molecule has 9 nitrogen and oxygen atoms in total. The standard InChI is InChI=1S/C33H30N4O5/c1-33(2,3)42-32(39)37-29-12-13-34-20-28(29)27-10-6-21(15-30(27)37)22-7-11-31(36-18-22)41-26-16-25(17-26)40-24-9-8-23(35-19-24)5-4-14-38/h6-13,15,18-20,25-26,38H,14,16-17H2,1-3H3. The minimum absolute atomic E-state index is 0.0190. The number of aliphatic hydroxyl groups excluding tert-OH is 1. The summed E-state index contributed by atoms with van der Waals surface area (Å²) in [6, 6.07) is 15.2. The van der Waals surface area contributed by atoms with Gasteiger partial charge < -0.3 is 19.3 Å². The van der Waals surface area contributed by atoms with Crippen molar-refractivity contribution < 1.29 is 24.1 Å². The van der Waals surface area contributed by atoms with Gasteiger partial charge in [0.1, 0.15) is 35.9 Å². The summed E-state index contributed by atoms with van der Waals surface area (Å²) in [4.78, 5) is 26.2. The van der Waals surface area contributed by atoms with Crippen molar-refractivity contribution in [2.75, 3.05) is 6.61 Å².